The number of hydrogen-bond donors (Lipinski definition) is 0. The van der Waals surface area contributed by atoms with E-state index in [0.29, 0.717) is 12.0 Å². The summed E-state index contributed by atoms with van der Waals surface area (Å²) < 4.78 is 10.4. The summed E-state index contributed by atoms with van der Waals surface area (Å²) in [6, 6.07) is 0. The molecule has 0 rings (SSSR count). The maximum absolute atomic E-state index is 11.6. The van der Waals surface area contributed by atoms with Crippen LogP contribution in [0.25, 0.3) is 0 Å². The number of hydrogen-bond acceptors (Lipinski definition) is 5. The Hall–Kier alpha value is -1.62. The maximum Gasteiger partial charge on any atom is 0.335 e. The van der Waals surface area contributed by atoms with Crippen LogP contribution in [0.4, 0.5) is 0 Å². The van der Waals surface area contributed by atoms with Gasteiger partial charge in [0.15, 0.2) is 5.72 Å². The lowest BCUT2D eigenvalue weighted by molar-refractivity contribution is -0.192. The first kappa shape index (κ1) is 16.4. The number of carbonyl (C=O) groups excluding carboxylic acids is 2. The number of nitrogens with zero attached hydrogens (tertiary/aromatic N) is 1. The fraction of sp³-hybridized carbons (Fsp3) is 0.538. The average molecular weight is 255 g/mol. The Bertz CT molecular complexity index is 349. The van der Waals surface area contributed by atoms with E-state index in [0.717, 1.165) is 6.08 Å². The van der Waals surface area contributed by atoms with Crippen LogP contribution in [0.5, 0.6) is 0 Å². The van der Waals surface area contributed by atoms with Crippen LogP contribution in [-0.4, -0.2) is 43.3 Å². The molecule has 0 fully saturated rings. The maximum atomic E-state index is 11.6. The van der Waals surface area contributed by atoms with E-state index in [-0.39, 0.29) is 6.61 Å². The molecular weight excluding hydrogens is 234 g/mol. The molecule has 0 heterocycles. The Morgan fingerprint density at radius 1 is 1.39 bits per heavy atom. The van der Waals surface area contributed by atoms with Gasteiger partial charge in [0, 0.05) is 18.1 Å². The molecule has 0 aromatic rings. The van der Waals surface area contributed by atoms with E-state index in [4.69, 9.17) is 9.47 Å². The smallest absolute Gasteiger partial charge is 0.335 e. The first-order valence-corrected chi connectivity index (χ1v) is 5.64. The molecule has 0 N–H and O–H groups in total. The Kier molecular flexibility index (Phi) is 6.33. The predicted octanol–water partition coefficient (Wildman–Crippen LogP) is 1.50. The second-order valence-electron chi connectivity index (χ2n) is 4.18. The zero-order chi connectivity index (χ0) is 14.3. The second kappa shape index (κ2) is 6.96. The lowest BCUT2D eigenvalue weighted by Gasteiger charge is -2.37. The van der Waals surface area contributed by atoms with Crippen molar-refractivity contribution in [3.8, 4) is 0 Å². The second-order valence-corrected chi connectivity index (χ2v) is 4.18. The van der Waals surface area contributed by atoms with Gasteiger partial charge in [-0.1, -0.05) is 20.1 Å². The van der Waals surface area contributed by atoms with Crippen LogP contribution in [-0.2, 0) is 19.1 Å². The van der Waals surface area contributed by atoms with Crippen molar-refractivity contribution < 1.29 is 19.1 Å². The molecule has 0 aromatic heterocycles. The third kappa shape index (κ3) is 4.33. The third-order valence-corrected chi connectivity index (χ3v) is 2.61. The van der Waals surface area contributed by atoms with Crippen molar-refractivity contribution in [3.05, 3.63) is 24.8 Å². The van der Waals surface area contributed by atoms with E-state index in [1.165, 1.54) is 0 Å². The molecule has 0 spiro atoms. The van der Waals surface area contributed by atoms with Crippen LogP contribution in [0, 0.1) is 0 Å². The molecule has 0 radical (unpaired) electrons. The summed E-state index contributed by atoms with van der Waals surface area (Å²) in [5.74, 6) is -1.07. The summed E-state index contributed by atoms with van der Waals surface area (Å²) in [5.41, 5.74) is -0.695. The van der Waals surface area contributed by atoms with Gasteiger partial charge in [-0.05, 0) is 21.0 Å². The molecular formula is C13H21NO4. The molecule has 0 amide bonds. The summed E-state index contributed by atoms with van der Waals surface area (Å²) in [6.45, 7) is 10.2. The van der Waals surface area contributed by atoms with Crippen molar-refractivity contribution in [1.29, 1.82) is 0 Å². The van der Waals surface area contributed by atoms with E-state index >= 15 is 0 Å². The molecule has 0 saturated carbocycles. The molecule has 18 heavy (non-hydrogen) atoms. The van der Waals surface area contributed by atoms with E-state index in [2.05, 4.69) is 13.2 Å². The fourth-order valence-corrected chi connectivity index (χ4v) is 1.24. The van der Waals surface area contributed by atoms with E-state index in [1.807, 2.05) is 6.92 Å². The standard InChI is InChI=1S/C13H21NO4/c1-7-11(15)17-9-13(8-2,14(5)6)18-12(16)10(3)4/h7H,1,3,8-9H2,2,4-6H3. The Morgan fingerprint density at radius 3 is 2.28 bits per heavy atom. The number of likely N-dealkylation sites (N-methyl/N-ethyl adjacent to an activating group) is 1. The third-order valence-electron chi connectivity index (χ3n) is 2.61. The van der Waals surface area contributed by atoms with Crippen molar-refractivity contribution in [2.45, 2.75) is 26.0 Å². The Morgan fingerprint density at radius 2 is 1.94 bits per heavy atom. The molecule has 5 heteroatoms. The minimum atomic E-state index is -0.991. The minimum Gasteiger partial charge on any atom is -0.457 e. The van der Waals surface area contributed by atoms with Crippen LogP contribution in [0.15, 0.2) is 24.8 Å². The fourth-order valence-electron chi connectivity index (χ4n) is 1.24. The highest BCUT2D eigenvalue weighted by Gasteiger charge is 2.36. The van der Waals surface area contributed by atoms with Crippen molar-refractivity contribution in [3.63, 3.8) is 0 Å². The van der Waals surface area contributed by atoms with Gasteiger partial charge in [0.1, 0.15) is 6.61 Å². The number of esters is 2. The van der Waals surface area contributed by atoms with Gasteiger partial charge in [-0.2, -0.15) is 0 Å². The van der Waals surface area contributed by atoms with Gasteiger partial charge in [0.05, 0.1) is 0 Å². The molecule has 1 unspecified atom stereocenters. The van der Waals surface area contributed by atoms with Crippen LogP contribution in [0.2, 0.25) is 0 Å². The summed E-state index contributed by atoms with van der Waals surface area (Å²) in [4.78, 5) is 24.4. The highest BCUT2D eigenvalue weighted by Crippen LogP contribution is 2.21. The largest absolute Gasteiger partial charge is 0.457 e. The summed E-state index contributed by atoms with van der Waals surface area (Å²) in [6.07, 6.45) is 1.54. The van der Waals surface area contributed by atoms with Gasteiger partial charge in [0.2, 0.25) is 0 Å². The monoisotopic (exact) mass is 255 g/mol. The molecule has 0 bridgehead atoms. The van der Waals surface area contributed by atoms with Crippen LogP contribution < -0.4 is 0 Å². The molecule has 0 aliphatic heterocycles. The molecule has 0 aliphatic rings. The van der Waals surface area contributed by atoms with E-state index in [1.54, 1.807) is 25.9 Å². The Balaban J connectivity index is 4.92. The van der Waals surface area contributed by atoms with E-state index in [9.17, 15) is 9.59 Å². The first-order valence-electron chi connectivity index (χ1n) is 5.64. The van der Waals surface area contributed by atoms with Crippen LogP contribution >= 0.6 is 0 Å². The number of rotatable bonds is 7. The van der Waals surface area contributed by atoms with Gasteiger partial charge in [0.25, 0.3) is 0 Å². The molecule has 1 atom stereocenters. The van der Waals surface area contributed by atoms with Crippen molar-refractivity contribution in [2.75, 3.05) is 20.7 Å². The van der Waals surface area contributed by atoms with Gasteiger partial charge in [-0.25, -0.2) is 9.59 Å². The number of ether oxygens (including phenoxy) is 2. The van der Waals surface area contributed by atoms with Crippen LogP contribution in [0.1, 0.15) is 20.3 Å². The normalized spacial score (nSPS) is 13.6. The topological polar surface area (TPSA) is 55.8 Å². The summed E-state index contributed by atoms with van der Waals surface area (Å²) in [7, 11) is 3.49. The zero-order valence-corrected chi connectivity index (χ0v) is 11.5. The van der Waals surface area contributed by atoms with Gasteiger partial charge in [-0.15, -0.1) is 0 Å². The van der Waals surface area contributed by atoms with Crippen molar-refractivity contribution in [1.82, 2.24) is 4.90 Å². The first-order chi connectivity index (χ1) is 8.29. The Labute approximate surface area is 108 Å². The molecule has 0 saturated heterocycles. The van der Waals surface area contributed by atoms with Crippen molar-refractivity contribution >= 4 is 11.9 Å². The van der Waals surface area contributed by atoms with Crippen LogP contribution in [0.3, 0.4) is 0 Å². The van der Waals surface area contributed by atoms with Gasteiger partial charge >= 0.3 is 11.9 Å². The van der Waals surface area contributed by atoms with Gasteiger partial charge in [-0.3, -0.25) is 4.90 Å². The lowest BCUT2D eigenvalue weighted by atomic mass is 10.1. The highest BCUT2D eigenvalue weighted by molar-refractivity contribution is 5.87. The molecule has 0 aliphatic carbocycles. The highest BCUT2D eigenvalue weighted by atomic mass is 16.6. The average Bonchev–Trinajstić information content (AvgIpc) is 2.33. The van der Waals surface area contributed by atoms with E-state index < -0.39 is 17.7 Å². The molecule has 0 aromatic carbocycles. The van der Waals surface area contributed by atoms with Crippen molar-refractivity contribution in [2.24, 2.45) is 0 Å². The predicted molar refractivity (Wildman–Crippen MR) is 68.8 cm³/mol. The lowest BCUT2D eigenvalue weighted by Crippen LogP contribution is -2.51. The minimum absolute atomic E-state index is 0.0552. The summed E-state index contributed by atoms with van der Waals surface area (Å²) >= 11 is 0. The molecule has 102 valence electrons. The SMILES string of the molecule is C=CC(=O)OCC(CC)(OC(=O)C(=C)C)N(C)C. The molecule has 5 nitrogen and oxygen atoms in total. The summed E-state index contributed by atoms with van der Waals surface area (Å²) in [5, 5.41) is 0. The zero-order valence-electron chi connectivity index (χ0n) is 11.5. The van der Waals surface area contributed by atoms with Gasteiger partial charge < -0.3 is 9.47 Å². The number of carbonyl (C=O) groups is 2. The quantitative estimate of drug-likeness (QED) is 0.392.